The largest absolute Gasteiger partial charge is 0.459 e. The van der Waals surface area contributed by atoms with Crippen LogP contribution >= 0.6 is 0 Å². The normalized spacial score (nSPS) is 20.5. The molecule has 2 amide bonds. The summed E-state index contributed by atoms with van der Waals surface area (Å²) in [5.41, 5.74) is 2.61. The maximum Gasteiger partial charge on any atom is 0.289 e. The molecule has 0 unspecified atom stereocenters. The summed E-state index contributed by atoms with van der Waals surface area (Å²) < 4.78 is 5.19. The summed E-state index contributed by atoms with van der Waals surface area (Å²) in [7, 11) is 0. The van der Waals surface area contributed by atoms with Crippen molar-refractivity contribution >= 4 is 11.8 Å². The zero-order chi connectivity index (χ0) is 17.9. The molecule has 0 bridgehead atoms. The smallest absolute Gasteiger partial charge is 0.289 e. The van der Waals surface area contributed by atoms with E-state index in [1.54, 1.807) is 17.0 Å². The van der Waals surface area contributed by atoms with Crippen molar-refractivity contribution in [3.63, 3.8) is 0 Å². The summed E-state index contributed by atoms with van der Waals surface area (Å²) in [5.74, 6) is 0.378. The number of furan rings is 1. The molecule has 5 heteroatoms. The predicted molar refractivity (Wildman–Crippen MR) is 97.6 cm³/mol. The average molecular weight is 352 g/mol. The molecule has 0 saturated carbocycles. The fourth-order valence-corrected chi connectivity index (χ4v) is 4.09. The van der Waals surface area contributed by atoms with E-state index in [4.69, 9.17) is 4.42 Å². The van der Waals surface area contributed by atoms with Crippen LogP contribution in [0.1, 0.15) is 53.4 Å². The molecular weight excluding hydrogens is 328 g/mol. The van der Waals surface area contributed by atoms with E-state index in [1.807, 2.05) is 6.07 Å². The SMILES string of the molecule is O=C(N[C@H]1CCCc2ccccc21)C1CCN(C(=O)c2ccco2)CC1. The van der Waals surface area contributed by atoms with Gasteiger partial charge in [0.1, 0.15) is 0 Å². The molecule has 2 aliphatic rings. The third kappa shape index (κ3) is 3.39. The first-order valence-corrected chi connectivity index (χ1v) is 9.43. The van der Waals surface area contributed by atoms with E-state index >= 15 is 0 Å². The summed E-state index contributed by atoms with van der Waals surface area (Å²) in [5, 5.41) is 3.26. The lowest BCUT2D eigenvalue weighted by Gasteiger charge is -2.33. The van der Waals surface area contributed by atoms with Gasteiger partial charge in [-0.25, -0.2) is 0 Å². The van der Waals surface area contributed by atoms with E-state index in [0.29, 0.717) is 31.7 Å². The van der Waals surface area contributed by atoms with E-state index in [0.717, 1.165) is 19.3 Å². The van der Waals surface area contributed by atoms with Crippen molar-refractivity contribution in [2.24, 2.45) is 5.92 Å². The Balaban J connectivity index is 1.34. The molecule has 1 aromatic carbocycles. The fourth-order valence-electron chi connectivity index (χ4n) is 4.09. The summed E-state index contributed by atoms with van der Waals surface area (Å²) in [6, 6.07) is 11.9. The molecule has 5 nitrogen and oxygen atoms in total. The molecular formula is C21H24N2O3. The highest BCUT2D eigenvalue weighted by molar-refractivity contribution is 5.91. The molecule has 1 atom stereocenters. The molecule has 1 aliphatic carbocycles. The van der Waals surface area contributed by atoms with Crippen LogP contribution in [-0.4, -0.2) is 29.8 Å². The van der Waals surface area contributed by atoms with Gasteiger partial charge < -0.3 is 14.6 Å². The average Bonchev–Trinajstić information content (AvgIpc) is 3.23. The minimum absolute atomic E-state index is 0.0234. The minimum Gasteiger partial charge on any atom is -0.459 e. The zero-order valence-corrected chi connectivity index (χ0v) is 14.8. The fraction of sp³-hybridized carbons (Fsp3) is 0.429. The lowest BCUT2D eigenvalue weighted by Crippen LogP contribution is -2.44. The Morgan fingerprint density at radius 3 is 2.62 bits per heavy atom. The minimum atomic E-state index is -0.0879. The summed E-state index contributed by atoms with van der Waals surface area (Å²) in [6.07, 6.45) is 6.11. The molecule has 1 saturated heterocycles. The van der Waals surface area contributed by atoms with E-state index < -0.39 is 0 Å². The molecule has 1 fully saturated rings. The van der Waals surface area contributed by atoms with Crippen molar-refractivity contribution in [1.29, 1.82) is 0 Å². The highest BCUT2D eigenvalue weighted by Gasteiger charge is 2.30. The Labute approximate surface area is 153 Å². The van der Waals surface area contributed by atoms with Crippen molar-refractivity contribution in [1.82, 2.24) is 10.2 Å². The van der Waals surface area contributed by atoms with Gasteiger partial charge in [0.05, 0.1) is 12.3 Å². The van der Waals surface area contributed by atoms with Crippen LogP contribution in [0.25, 0.3) is 0 Å². The number of amides is 2. The predicted octanol–water partition coefficient (Wildman–Crippen LogP) is 3.33. The molecule has 26 heavy (non-hydrogen) atoms. The van der Waals surface area contributed by atoms with Gasteiger partial charge in [-0.1, -0.05) is 24.3 Å². The third-order valence-corrected chi connectivity index (χ3v) is 5.57. The lowest BCUT2D eigenvalue weighted by molar-refractivity contribution is -0.127. The number of piperidine rings is 1. The second-order valence-electron chi connectivity index (χ2n) is 7.20. The standard InChI is InChI=1S/C21H24N2O3/c24-20(22-18-8-3-6-15-5-1-2-7-17(15)18)16-10-12-23(13-11-16)21(25)19-9-4-14-26-19/h1-2,4-5,7,9,14,16,18H,3,6,8,10-13H2,(H,22,24)/t18-/m0/s1. The Morgan fingerprint density at radius 1 is 1.04 bits per heavy atom. The third-order valence-electron chi connectivity index (χ3n) is 5.57. The van der Waals surface area contributed by atoms with Crippen molar-refractivity contribution < 1.29 is 14.0 Å². The number of hydrogen-bond acceptors (Lipinski definition) is 3. The van der Waals surface area contributed by atoms with Gasteiger partial charge in [0, 0.05) is 19.0 Å². The molecule has 0 spiro atoms. The highest BCUT2D eigenvalue weighted by atomic mass is 16.3. The molecule has 4 rings (SSSR count). The molecule has 2 heterocycles. The Morgan fingerprint density at radius 2 is 1.85 bits per heavy atom. The number of rotatable bonds is 3. The van der Waals surface area contributed by atoms with E-state index in [2.05, 4.69) is 23.5 Å². The van der Waals surface area contributed by atoms with Gasteiger partial charge in [0.15, 0.2) is 5.76 Å². The van der Waals surface area contributed by atoms with Crippen LogP contribution in [0.4, 0.5) is 0 Å². The van der Waals surface area contributed by atoms with Gasteiger partial charge >= 0.3 is 0 Å². The van der Waals surface area contributed by atoms with Crippen LogP contribution in [0.15, 0.2) is 47.1 Å². The van der Waals surface area contributed by atoms with Gasteiger partial charge in [0.2, 0.25) is 5.91 Å². The van der Waals surface area contributed by atoms with Crippen LogP contribution in [0.2, 0.25) is 0 Å². The van der Waals surface area contributed by atoms with Gasteiger partial charge in [-0.3, -0.25) is 9.59 Å². The maximum absolute atomic E-state index is 12.7. The quantitative estimate of drug-likeness (QED) is 0.922. The molecule has 1 N–H and O–H groups in total. The second-order valence-corrected chi connectivity index (χ2v) is 7.20. The monoisotopic (exact) mass is 352 g/mol. The number of benzene rings is 1. The van der Waals surface area contributed by atoms with Gasteiger partial charge in [-0.2, -0.15) is 0 Å². The zero-order valence-electron chi connectivity index (χ0n) is 14.8. The number of nitrogens with zero attached hydrogens (tertiary/aromatic N) is 1. The van der Waals surface area contributed by atoms with Gasteiger partial charge in [-0.05, 0) is 55.4 Å². The van der Waals surface area contributed by atoms with Crippen molar-refractivity contribution in [3.8, 4) is 0 Å². The molecule has 0 radical (unpaired) electrons. The number of nitrogens with one attached hydrogen (secondary N) is 1. The Bertz CT molecular complexity index is 776. The number of likely N-dealkylation sites (tertiary alicyclic amines) is 1. The number of carbonyl (C=O) groups excluding carboxylic acids is 2. The van der Waals surface area contributed by atoms with Crippen LogP contribution in [0.5, 0.6) is 0 Å². The number of aryl methyl sites for hydroxylation is 1. The first-order chi connectivity index (χ1) is 12.7. The van der Waals surface area contributed by atoms with E-state index in [9.17, 15) is 9.59 Å². The first kappa shape index (κ1) is 16.9. The van der Waals surface area contributed by atoms with Crippen LogP contribution < -0.4 is 5.32 Å². The first-order valence-electron chi connectivity index (χ1n) is 9.43. The molecule has 136 valence electrons. The van der Waals surface area contributed by atoms with Crippen LogP contribution in [0.3, 0.4) is 0 Å². The Hall–Kier alpha value is -2.56. The topological polar surface area (TPSA) is 62.6 Å². The molecule has 2 aromatic rings. The highest BCUT2D eigenvalue weighted by Crippen LogP contribution is 2.30. The van der Waals surface area contributed by atoms with Crippen LogP contribution in [0, 0.1) is 5.92 Å². The summed E-state index contributed by atoms with van der Waals surface area (Å²) in [6.45, 7) is 1.19. The maximum atomic E-state index is 12.7. The van der Waals surface area contributed by atoms with E-state index in [-0.39, 0.29) is 23.8 Å². The van der Waals surface area contributed by atoms with Crippen molar-refractivity contribution in [2.45, 2.75) is 38.1 Å². The van der Waals surface area contributed by atoms with Gasteiger partial charge in [-0.15, -0.1) is 0 Å². The summed E-state index contributed by atoms with van der Waals surface area (Å²) >= 11 is 0. The number of carbonyl (C=O) groups is 2. The number of fused-ring (bicyclic) bond motifs is 1. The second kappa shape index (κ2) is 7.36. The molecule has 1 aromatic heterocycles. The van der Waals surface area contributed by atoms with E-state index in [1.165, 1.54) is 17.4 Å². The van der Waals surface area contributed by atoms with Crippen LogP contribution in [-0.2, 0) is 11.2 Å². The van der Waals surface area contributed by atoms with Crippen molar-refractivity contribution in [2.75, 3.05) is 13.1 Å². The van der Waals surface area contributed by atoms with Gasteiger partial charge in [0.25, 0.3) is 5.91 Å². The number of hydrogen-bond donors (Lipinski definition) is 1. The lowest BCUT2D eigenvalue weighted by atomic mass is 9.87. The van der Waals surface area contributed by atoms with Crippen molar-refractivity contribution in [3.05, 3.63) is 59.5 Å². The summed E-state index contributed by atoms with van der Waals surface area (Å²) in [4.78, 5) is 26.8. The molecule has 1 aliphatic heterocycles. The Kier molecular flexibility index (Phi) is 4.78.